The van der Waals surface area contributed by atoms with Crippen LogP contribution in [0, 0.1) is 5.92 Å². The fraction of sp³-hybridized carbons (Fsp3) is 0.227. The van der Waals surface area contributed by atoms with Gasteiger partial charge in [-0.2, -0.15) is 0 Å². The van der Waals surface area contributed by atoms with Gasteiger partial charge in [-0.25, -0.2) is 4.79 Å². The van der Waals surface area contributed by atoms with Gasteiger partial charge < -0.3 is 15.0 Å². The van der Waals surface area contributed by atoms with Crippen LogP contribution in [0.5, 0.6) is 0 Å². The molecule has 2 amide bonds. The Labute approximate surface area is 184 Å². The van der Waals surface area contributed by atoms with Gasteiger partial charge in [0.2, 0.25) is 11.8 Å². The van der Waals surface area contributed by atoms with Gasteiger partial charge in [0.05, 0.1) is 17.3 Å². The number of halogens is 2. The quantitative estimate of drug-likeness (QED) is 0.400. The van der Waals surface area contributed by atoms with E-state index in [1.54, 1.807) is 55.5 Å². The first-order valence-corrected chi connectivity index (χ1v) is 10.2. The molecule has 3 rings (SSSR count). The lowest BCUT2D eigenvalue weighted by atomic mass is 10.1. The van der Waals surface area contributed by atoms with Crippen molar-refractivity contribution in [1.29, 1.82) is 0 Å². The van der Waals surface area contributed by atoms with Crippen molar-refractivity contribution in [2.45, 2.75) is 13.3 Å². The van der Waals surface area contributed by atoms with Gasteiger partial charge >= 0.3 is 5.97 Å². The fourth-order valence-corrected chi connectivity index (χ4v) is 3.50. The van der Waals surface area contributed by atoms with E-state index in [0.717, 1.165) is 5.56 Å². The molecule has 1 saturated heterocycles. The van der Waals surface area contributed by atoms with Crippen molar-refractivity contribution in [2.24, 2.45) is 5.92 Å². The van der Waals surface area contributed by atoms with Crippen LogP contribution in [0.15, 0.2) is 48.5 Å². The fourth-order valence-electron chi connectivity index (χ4n) is 3.12. The zero-order chi connectivity index (χ0) is 21.7. The molecule has 0 aromatic heterocycles. The van der Waals surface area contributed by atoms with Crippen LogP contribution >= 0.6 is 23.2 Å². The summed E-state index contributed by atoms with van der Waals surface area (Å²) < 4.78 is 4.83. The zero-order valence-corrected chi connectivity index (χ0v) is 17.7. The Balaban J connectivity index is 1.63. The number of ether oxygens (including phenoxy) is 1. The van der Waals surface area contributed by atoms with Crippen LogP contribution in [0.2, 0.25) is 10.0 Å². The predicted octanol–water partition coefficient (Wildman–Crippen LogP) is 4.56. The molecule has 0 radical (unpaired) electrons. The number of nitrogens with zero attached hydrogens (tertiary/aromatic N) is 1. The van der Waals surface area contributed by atoms with E-state index >= 15 is 0 Å². The van der Waals surface area contributed by atoms with Gasteiger partial charge in [0, 0.05) is 23.3 Å². The highest BCUT2D eigenvalue weighted by Crippen LogP contribution is 2.33. The zero-order valence-electron chi connectivity index (χ0n) is 16.2. The van der Waals surface area contributed by atoms with Crippen molar-refractivity contribution in [1.82, 2.24) is 0 Å². The smallest absolute Gasteiger partial charge is 0.330 e. The number of carbonyl (C=O) groups excluding carboxylic acids is 3. The minimum absolute atomic E-state index is 0.314. The average molecular weight is 447 g/mol. The van der Waals surface area contributed by atoms with Crippen LogP contribution in [-0.2, 0) is 19.1 Å². The molecule has 6 nitrogen and oxygen atoms in total. The summed E-state index contributed by atoms with van der Waals surface area (Å²) in [7, 11) is 0. The van der Waals surface area contributed by atoms with Gasteiger partial charge in [0.15, 0.2) is 0 Å². The molecule has 1 atom stereocenters. The third-order valence-corrected chi connectivity index (χ3v) is 5.15. The Morgan fingerprint density at radius 2 is 1.93 bits per heavy atom. The molecular formula is C22H20Cl2N2O4. The summed E-state index contributed by atoms with van der Waals surface area (Å²) in [5, 5.41) is 3.63. The molecule has 1 N–H and O–H groups in total. The van der Waals surface area contributed by atoms with E-state index in [2.05, 4.69) is 5.32 Å². The standard InChI is InChI=1S/C22H20Cl2N2O4/c1-2-30-20(27)10-5-14-3-7-16(8-4-14)25-21(28)17-11-12-26(22(17)29)19-13-15(23)6-9-18(19)24/h3-10,13,17H,2,11-12H2,1H3,(H,25,28)/b10-5+. The molecule has 2 aromatic carbocycles. The minimum atomic E-state index is -0.802. The molecule has 1 aliphatic rings. The topological polar surface area (TPSA) is 75.7 Å². The van der Waals surface area contributed by atoms with Crippen molar-refractivity contribution in [3.8, 4) is 0 Å². The summed E-state index contributed by atoms with van der Waals surface area (Å²) in [6.07, 6.45) is 3.34. The number of benzene rings is 2. The summed E-state index contributed by atoms with van der Waals surface area (Å²) in [5.74, 6) is -1.91. The molecule has 0 saturated carbocycles. The number of amides is 2. The number of nitrogens with one attached hydrogen (secondary N) is 1. The van der Waals surface area contributed by atoms with E-state index in [1.165, 1.54) is 11.0 Å². The number of hydrogen-bond donors (Lipinski definition) is 1. The van der Waals surface area contributed by atoms with E-state index < -0.39 is 11.9 Å². The van der Waals surface area contributed by atoms with Gasteiger partial charge in [-0.1, -0.05) is 35.3 Å². The highest BCUT2D eigenvalue weighted by molar-refractivity contribution is 6.36. The Morgan fingerprint density at radius 3 is 2.63 bits per heavy atom. The van der Waals surface area contributed by atoms with Crippen molar-refractivity contribution >= 4 is 58.4 Å². The molecule has 156 valence electrons. The number of anilines is 2. The van der Waals surface area contributed by atoms with Gasteiger partial charge in [0.25, 0.3) is 0 Å². The van der Waals surface area contributed by atoms with Crippen LogP contribution in [0.4, 0.5) is 11.4 Å². The highest BCUT2D eigenvalue weighted by Gasteiger charge is 2.38. The molecule has 1 fully saturated rings. The second-order valence-electron chi connectivity index (χ2n) is 6.62. The van der Waals surface area contributed by atoms with Gasteiger partial charge in [-0.15, -0.1) is 0 Å². The number of esters is 1. The third kappa shape index (κ3) is 5.20. The predicted molar refractivity (Wildman–Crippen MR) is 118 cm³/mol. The molecule has 1 unspecified atom stereocenters. The average Bonchev–Trinajstić information content (AvgIpc) is 3.11. The number of hydrogen-bond acceptors (Lipinski definition) is 4. The van der Waals surface area contributed by atoms with Crippen molar-refractivity contribution in [2.75, 3.05) is 23.4 Å². The maximum Gasteiger partial charge on any atom is 0.330 e. The lowest BCUT2D eigenvalue weighted by molar-refractivity contribution is -0.137. The van der Waals surface area contributed by atoms with Crippen LogP contribution in [0.25, 0.3) is 6.08 Å². The first-order chi connectivity index (χ1) is 14.4. The summed E-state index contributed by atoms with van der Waals surface area (Å²) in [6, 6.07) is 11.8. The van der Waals surface area contributed by atoms with E-state index in [-0.39, 0.29) is 11.8 Å². The number of carbonyl (C=O) groups is 3. The maximum atomic E-state index is 12.8. The van der Waals surface area contributed by atoms with Crippen LogP contribution < -0.4 is 10.2 Å². The van der Waals surface area contributed by atoms with E-state index in [4.69, 9.17) is 27.9 Å². The molecular weight excluding hydrogens is 427 g/mol. The molecule has 0 bridgehead atoms. The second-order valence-corrected chi connectivity index (χ2v) is 7.47. The van der Waals surface area contributed by atoms with Crippen LogP contribution in [-0.4, -0.2) is 30.9 Å². The summed E-state index contributed by atoms with van der Waals surface area (Å²) >= 11 is 12.2. The van der Waals surface area contributed by atoms with E-state index in [9.17, 15) is 14.4 Å². The lowest BCUT2D eigenvalue weighted by Crippen LogP contribution is -2.33. The summed E-state index contributed by atoms with van der Waals surface area (Å²) in [6.45, 7) is 2.44. The van der Waals surface area contributed by atoms with Crippen LogP contribution in [0.3, 0.4) is 0 Å². The first kappa shape index (κ1) is 21.9. The summed E-state index contributed by atoms with van der Waals surface area (Å²) in [5.41, 5.74) is 1.84. The SMILES string of the molecule is CCOC(=O)/C=C/c1ccc(NC(=O)C2CCN(c3cc(Cl)ccc3Cl)C2=O)cc1. The monoisotopic (exact) mass is 446 g/mol. The largest absolute Gasteiger partial charge is 0.463 e. The van der Waals surface area contributed by atoms with Crippen molar-refractivity contribution in [3.63, 3.8) is 0 Å². The van der Waals surface area contributed by atoms with Gasteiger partial charge in [-0.3, -0.25) is 9.59 Å². The Morgan fingerprint density at radius 1 is 1.20 bits per heavy atom. The minimum Gasteiger partial charge on any atom is -0.463 e. The van der Waals surface area contributed by atoms with E-state index in [1.807, 2.05) is 0 Å². The maximum absolute atomic E-state index is 12.8. The van der Waals surface area contributed by atoms with Crippen molar-refractivity contribution < 1.29 is 19.1 Å². The molecule has 30 heavy (non-hydrogen) atoms. The van der Waals surface area contributed by atoms with Gasteiger partial charge in [0.1, 0.15) is 5.92 Å². The van der Waals surface area contributed by atoms with Crippen molar-refractivity contribution in [3.05, 3.63) is 64.1 Å². The second kappa shape index (κ2) is 9.78. The number of rotatable bonds is 6. The highest BCUT2D eigenvalue weighted by atomic mass is 35.5. The summed E-state index contributed by atoms with van der Waals surface area (Å²) in [4.78, 5) is 38.2. The van der Waals surface area contributed by atoms with Gasteiger partial charge in [-0.05, 0) is 55.3 Å². The Bertz CT molecular complexity index is 989. The molecule has 0 spiro atoms. The molecule has 1 aliphatic heterocycles. The third-order valence-electron chi connectivity index (χ3n) is 4.60. The molecule has 1 heterocycles. The molecule has 8 heteroatoms. The Hall–Kier alpha value is -2.83. The van der Waals surface area contributed by atoms with Crippen LogP contribution in [0.1, 0.15) is 18.9 Å². The van der Waals surface area contributed by atoms with E-state index in [0.29, 0.717) is 41.0 Å². The Kier molecular flexibility index (Phi) is 7.13. The molecule has 0 aliphatic carbocycles. The lowest BCUT2D eigenvalue weighted by Gasteiger charge is -2.18. The first-order valence-electron chi connectivity index (χ1n) is 9.41. The molecule has 2 aromatic rings. The normalized spacial score (nSPS) is 16.2.